The molecule has 0 spiro atoms. The van der Waals surface area contributed by atoms with Gasteiger partial charge < -0.3 is 9.84 Å². The summed E-state index contributed by atoms with van der Waals surface area (Å²) in [5.41, 5.74) is 2.15. The number of rotatable bonds is 5. The second-order valence-electron chi connectivity index (χ2n) is 5.83. The fraction of sp³-hybridized carbons (Fsp3) is 0.0526. The Labute approximate surface area is 153 Å². The molecule has 3 aromatic heterocycles. The van der Waals surface area contributed by atoms with Gasteiger partial charge in [0.15, 0.2) is 11.5 Å². The lowest BCUT2D eigenvalue weighted by molar-refractivity contribution is 0.101. The molecule has 0 aliphatic heterocycles. The first kappa shape index (κ1) is 16.6. The van der Waals surface area contributed by atoms with Crippen LogP contribution in [-0.4, -0.2) is 25.8 Å². The first-order chi connectivity index (χ1) is 13.2. The molecule has 7 nitrogen and oxygen atoms in total. The molecule has 0 aliphatic rings. The number of hydrogen-bond donors (Lipinski definition) is 1. The predicted octanol–water partition coefficient (Wildman–Crippen LogP) is 3.37. The Morgan fingerprint density at radius 2 is 2.11 bits per heavy atom. The van der Waals surface area contributed by atoms with Gasteiger partial charge in [0.1, 0.15) is 5.82 Å². The lowest BCUT2D eigenvalue weighted by Crippen LogP contribution is -2.11. The first-order valence-corrected chi connectivity index (χ1v) is 8.13. The van der Waals surface area contributed by atoms with E-state index in [9.17, 15) is 9.18 Å². The van der Waals surface area contributed by atoms with Crippen LogP contribution in [0.15, 0.2) is 71.8 Å². The quantitative estimate of drug-likeness (QED) is 0.587. The van der Waals surface area contributed by atoms with Gasteiger partial charge in [-0.15, -0.1) is 0 Å². The molecular weight excluding hydrogens is 349 g/mol. The third-order valence-electron chi connectivity index (χ3n) is 3.81. The van der Waals surface area contributed by atoms with E-state index < -0.39 is 5.91 Å². The molecule has 0 bridgehead atoms. The normalized spacial score (nSPS) is 10.7. The molecule has 4 aromatic rings. The summed E-state index contributed by atoms with van der Waals surface area (Å²) in [6.07, 6.45) is 6.44. The maximum absolute atomic E-state index is 13.3. The summed E-state index contributed by atoms with van der Waals surface area (Å²) in [7, 11) is 0. The number of hydrogen-bond acceptors (Lipinski definition) is 5. The summed E-state index contributed by atoms with van der Waals surface area (Å²) in [6, 6.07) is 11.4. The van der Waals surface area contributed by atoms with Crippen molar-refractivity contribution in [1.82, 2.24) is 19.9 Å². The van der Waals surface area contributed by atoms with E-state index in [0.29, 0.717) is 18.0 Å². The maximum Gasteiger partial charge on any atom is 0.277 e. The van der Waals surface area contributed by atoms with Crippen LogP contribution in [0.2, 0.25) is 0 Å². The highest BCUT2D eigenvalue weighted by molar-refractivity contribution is 6.03. The van der Waals surface area contributed by atoms with Gasteiger partial charge in [-0.3, -0.25) is 14.5 Å². The Kier molecular flexibility index (Phi) is 4.44. The molecule has 0 atom stereocenters. The molecule has 0 radical (unpaired) electrons. The molecule has 0 saturated heterocycles. The molecule has 1 N–H and O–H groups in total. The van der Waals surface area contributed by atoms with E-state index in [1.165, 1.54) is 18.3 Å². The second kappa shape index (κ2) is 7.20. The largest absolute Gasteiger partial charge is 0.355 e. The number of halogens is 1. The Morgan fingerprint density at radius 1 is 1.19 bits per heavy atom. The highest BCUT2D eigenvalue weighted by atomic mass is 19.1. The van der Waals surface area contributed by atoms with Crippen molar-refractivity contribution in [3.63, 3.8) is 0 Å². The number of amides is 1. The fourth-order valence-electron chi connectivity index (χ4n) is 2.56. The molecule has 8 heteroatoms. The summed E-state index contributed by atoms with van der Waals surface area (Å²) in [4.78, 5) is 16.3. The molecule has 1 amide bonds. The summed E-state index contributed by atoms with van der Waals surface area (Å²) >= 11 is 0. The van der Waals surface area contributed by atoms with E-state index in [0.717, 1.165) is 11.1 Å². The Hall–Kier alpha value is -3.81. The third-order valence-corrected chi connectivity index (χ3v) is 3.81. The van der Waals surface area contributed by atoms with Crippen molar-refractivity contribution in [2.24, 2.45) is 0 Å². The van der Waals surface area contributed by atoms with E-state index in [2.05, 4.69) is 20.6 Å². The zero-order valence-corrected chi connectivity index (χ0v) is 14.0. The fourth-order valence-corrected chi connectivity index (χ4v) is 2.56. The number of pyridine rings is 1. The van der Waals surface area contributed by atoms with Gasteiger partial charge in [-0.05, 0) is 29.8 Å². The molecule has 0 unspecified atom stereocenters. The predicted molar refractivity (Wildman–Crippen MR) is 95.4 cm³/mol. The van der Waals surface area contributed by atoms with Crippen molar-refractivity contribution in [2.75, 3.05) is 5.32 Å². The van der Waals surface area contributed by atoms with E-state index in [4.69, 9.17) is 4.52 Å². The van der Waals surface area contributed by atoms with Gasteiger partial charge in [-0.25, -0.2) is 4.39 Å². The lowest BCUT2D eigenvalue weighted by Gasteiger charge is -2.01. The number of anilines is 1. The number of carbonyl (C=O) groups excluding carboxylic acids is 1. The Morgan fingerprint density at radius 3 is 2.93 bits per heavy atom. The zero-order valence-electron chi connectivity index (χ0n) is 14.0. The van der Waals surface area contributed by atoms with Gasteiger partial charge >= 0.3 is 0 Å². The minimum atomic E-state index is -0.417. The Bertz CT molecular complexity index is 1070. The molecule has 134 valence electrons. The molecule has 4 rings (SSSR count). The van der Waals surface area contributed by atoms with Crippen molar-refractivity contribution in [1.29, 1.82) is 0 Å². The monoisotopic (exact) mass is 363 g/mol. The second-order valence-corrected chi connectivity index (χ2v) is 5.83. The molecule has 3 heterocycles. The summed E-state index contributed by atoms with van der Waals surface area (Å²) in [5.74, 6) is -0.266. The minimum Gasteiger partial charge on any atom is -0.355 e. The summed E-state index contributed by atoms with van der Waals surface area (Å²) < 4.78 is 20.1. The van der Waals surface area contributed by atoms with Crippen LogP contribution in [0.3, 0.4) is 0 Å². The lowest BCUT2D eigenvalue weighted by atomic mass is 10.2. The summed E-state index contributed by atoms with van der Waals surface area (Å²) in [5, 5.41) is 10.7. The maximum atomic E-state index is 13.3. The van der Waals surface area contributed by atoms with Crippen molar-refractivity contribution in [3.05, 3.63) is 84.3 Å². The van der Waals surface area contributed by atoms with E-state index in [1.807, 2.05) is 6.07 Å². The molecule has 0 aliphatic carbocycles. The van der Waals surface area contributed by atoms with Crippen molar-refractivity contribution in [3.8, 4) is 11.3 Å². The molecule has 27 heavy (non-hydrogen) atoms. The number of benzene rings is 1. The van der Waals surface area contributed by atoms with Gasteiger partial charge in [0.2, 0.25) is 0 Å². The molecule has 1 aromatic carbocycles. The number of carbonyl (C=O) groups is 1. The van der Waals surface area contributed by atoms with Gasteiger partial charge in [0.05, 0.1) is 18.4 Å². The summed E-state index contributed by atoms with van der Waals surface area (Å²) in [6.45, 7) is 0.392. The average molecular weight is 363 g/mol. The van der Waals surface area contributed by atoms with Crippen LogP contribution in [0.4, 0.5) is 10.1 Å². The van der Waals surface area contributed by atoms with Crippen LogP contribution in [0.1, 0.15) is 16.1 Å². The van der Waals surface area contributed by atoms with E-state index in [-0.39, 0.29) is 11.5 Å². The van der Waals surface area contributed by atoms with Crippen LogP contribution in [-0.2, 0) is 6.54 Å². The van der Waals surface area contributed by atoms with E-state index >= 15 is 0 Å². The highest BCUT2D eigenvalue weighted by Gasteiger charge is 2.14. The highest BCUT2D eigenvalue weighted by Crippen LogP contribution is 2.19. The smallest absolute Gasteiger partial charge is 0.277 e. The first-order valence-electron chi connectivity index (χ1n) is 8.13. The van der Waals surface area contributed by atoms with Gasteiger partial charge in [-0.1, -0.05) is 17.3 Å². The third kappa shape index (κ3) is 3.90. The van der Waals surface area contributed by atoms with Crippen LogP contribution >= 0.6 is 0 Å². The van der Waals surface area contributed by atoms with Crippen molar-refractivity contribution < 1.29 is 13.7 Å². The van der Waals surface area contributed by atoms with Crippen LogP contribution in [0.25, 0.3) is 11.3 Å². The molecule has 0 saturated carbocycles. The minimum absolute atomic E-state index is 0.145. The van der Waals surface area contributed by atoms with Gasteiger partial charge in [0, 0.05) is 30.2 Å². The van der Waals surface area contributed by atoms with Crippen molar-refractivity contribution in [2.45, 2.75) is 6.54 Å². The standard InChI is InChI=1S/C19H14FN5O2/c20-15-5-1-3-13(7-15)11-25-12-16(10-22-25)23-19(26)17-8-18(27-24-17)14-4-2-6-21-9-14/h1-10,12H,11H2,(H,23,26). The zero-order chi connectivity index (χ0) is 18.6. The number of nitrogens with zero attached hydrogens (tertiary/aromatic N) is 4. The van der Waals surface area contributed by atoms with Crippen LogP contribution in [0, 0.1) is 5.82 Å². The number of aromatic nitrogens is 4. The topological polar surface area (TPSA) is 85.8 Å². The van der Waals surface area contributed by atoms with Crippen molar-refractivity contribution >= 4 is 11.6 Å². The number of nitrogens with one attached hydrogen (secondary N) is 1. The van der Waals surface area contributed by atoms with Gasteiger partial charge in [0.25, 0.3) is 5.91 Å². The van der Waals surface area contributed by atoms with E-state index in [1.54, 1.807) is 47.5 Å². The van der Waals surface area contributed by atoms with Gasteiger partial charge in [-0.2, -0.15) is 5.10 Å². The van der Waals surface area contributed by atoms with Crippen LogP contribution in [0.5, 0.6) is 0 Å². The SMILES string of the molecule is O=C(Nc1cnn(Cc2cccc(F)c2)c1)c1cc(-c2cccnc2)on1. The molecular formula is C19H14FN5O2. The average Bonchev–Trinajstić information content (AvgIpc) is 3.32. The molecule has 0 fully saturated rings. The van der Waals surface area contributed by atoms with Crippen LogP contribution < -0.4 is 5.32 Å². The Balaban J connectivity index is 1.43.